The van der Waals surface area contributed by atoms with Crippen molar-refractivity contribution in [3.8, 4) is 0 Å². The number of piperidine rings is 1. The predicted octanol–water partition coefficient (Wildman–Crippen LogP) is 4.98. The van der Waals surface area contributed by atoms with Crippen LogP contribution in [0.4, 0.5) is 0 Å². The molecule has 0 radical (unpaired) electrons. The maximum absolute atomic E-state index is 5.65. The Morgan fingerprint density at radius 3 is 2.69 bits per heavy atom. The molecule has 7 heteroatoms. The van der Waals surface area contributed by atoms with E-state index < -0.39 is 0 Å². The van der Waals surface area contributed by atoms with E-state index in [1.165, 1.54) is 27.6 Å². The van der Waals surface area contributed by atoms with Gasteiger partial charge in [0, 0.05) is 41.7 Å². The van der Waals surface area contributed by atoms with E-state index in [2.05, 4.69) is 59.2 Å². The second-order valence-corrected chi connectivity index (χ2v) is 10.9. The molecule has 2 heterocycles. The summed E-state index contributed by atoms with van der Waals surface area (Å²) in [5.41, 5.74) is 1.34. The highest BCUT2D eigenvalue weighted by molar-refractivity contribution is 8.22. The van der Waals surface area contributed by atoms with Gasteiger partial charge in [-0.05, 0) is 32.5 Å². The largest absolute Gasteiger partial charge is 0.357 e. The molecule has 0 unspecified atom stereocenters. The van der Waals surface area contributed by atoms with E-state index >= 15 is 0 Å². The molecule has 1 fully saturated rings. The molecule has 0 atom stereocenters. The van der Waals surface area contributed by atoms with Crippen LogP contribution in [0.5, 0.6) is 0 Å². The van der Waals surface area contributed by atoms with Crippen molar-refractivity contribution in [2.45, 2.75) is 34.7 Å². The van der Waals surface area contributed by atoms with E-state index in [-0.39, 0.29) is 0 Å². The van der Waals surface area contributed by atoms with Crippen molar-refractivity contribution in [2.24, 2.45) is 0 Å². The number of thiocarbonyl (C=S) groups is 1. The van der Waals surface area contributed by atoms with Gasteiger partial charge in [0.05, 0.1) is 0 Å². The Morgan fingerprint density at radius 2 is 2.00 bits per heavy atom. The minimum Gasteiger partial charge on any atom is -0.357 e. The fraction of sp³-hybridized carbons (Fsp3) is 0.474. The third-order valence-corrected chi connectivity index (χ3v) is 8.20. The van der Waals surface area contributed by atoms with Gasteiger partial charge in [0.2, 0.25) is 0 Å². The number of nitrogens with zero attached hydrogens (tertiary/aromatic N) is 3. The second kappa shape index (κ2) is 10.1. The van der Waals surface area contributed by atoms with Crippen LogP contribution in [0.1, 0.15) is 23.3 Å². The van der Waals surface area contributed by atoms with Crippen LogP contribution < -0.4 is 0 Å². The van der Waals surface area contributed by atoms with Crippen molar-refractivity contribution in [1.82, 2.24) is 14.8 Å². The van der Waals surface area contributed by atoms with Crippen LogP contribution in [-0.2, 0) is 12.3 Å². The first kappa shape index (κ1) is 20.1. The third-order valence-electron chi connectivity index (χ3n) is 4.18. The third kappa shape index (κ3) is 6.23. The van der Waals surface area contributed by atoms with E-state index in [1.54, 1.807) is 11.8 Å². The normalized spacial score (nSPS) is 15.6. The zero-order valence-electron chi connectivity index (χ0n) is 15.3. The van der Waals surface area contributed by atoms with E-state index in [9.17, 15) is 0 Å². The van der Waals surface area contributed by atoms with Crippen molar-refractivity contribution in [1.29, 1.82) is 0 Å². The number of rotatable bonds is 6. The molecule has 3 rings (SSSR count). The summed E-state index contributed by atoms with van der Waals surface area (Å²) in [7, 11) is 4.20. The van der Waals surface area contributed by atoms with Crippen LogP contribution in [0.15, 0.2) is 40.9 Å². The van der Waals surface area contributed by atoms with E-state index in [4.69, 9.17) is 12.2 Å². The van der Waals surface area contributed by atoms with Gasteiger partial charge in [0.25, 0.3) is 0 Å². The average molecular weight is 424 g/mol. The lowest BCUT2D eigenvalue weighted by atomic mass is 10.1. The number of aromatic nitrogens is 1. The van der Waals surface area contributed by atoms with Crippen LogP contribution in [0, 0.1) is 0 Å². The van der Waals surface area contributed by atoms with Crippen LogP contribution in [0.2, 0.25) is 0 Å². The Morgan fingerprint density at radius 1 is 1.27 bits per heavy atom. The van der Waals surface area contributed by atoms with Crippen LogP contribution in [0.3, 0.4) is 0 Å². The summed E-state index contributed by atoms with van der Waals surface area (Å²) < 4.78 is 2.25. The molecule has 2 aromatic rings. The molecular weight excluding hydrogens is 398 g/mol. The van der Waals surface area contributed by atoms with Crippen LogP contribution in [0.25, 0.3) is 0 Å². The fourth-order valence-electron chi connectivity index (χ4n) is 2.84. The molecule has 1 saturated heterocycles. The van der Waals surface area contributed by atoms with Crippen molar-refractivity contribution < 1.29 is 0 Å². The molecule has 140 valence electrons. The molecule has 0 amide bonds. The zero-order chi connectivity index (χ0) is 18.4. The highest BCUT2D eigenvalue weighted by Crippen LogP contribution is 2.34. The number of likely N-dealkylation sites (tertiary alicyclic amines) is 1. The van der Waals surface area contributed by atoms with Gasteiger partial charge < -0.3 is 9.80 Å². The first-order valence-corrected chi connectivity index (χ1v) is 11.9. The number of thiazole rings is 1. The molecule has 0 aliphatic carbocycles. The molecule has 26 heavy (non-hydrogen) atoms. The van der Waals surface area contributed by atoms with E-state index in [1.807, 2.05) is 29.3 Å². The van der Waals surface area contributed by atoms with Crippen LogP contribution >= 0.6 is 47.1 Å². The molecule has 1 aliphatic rings. The summed E-state index contributed by atoms with van der Waals surface area (Å²) in [6.45, 7) is 3.10. The summed E-state index contributed by atoms with van der Waals surface area (Å²) in [5, 5.41) is 0.659. The van der Waals surface area contributed by atoms with E-state index in [0.29, 0.717) is 5.25 Å². The lowest BCUT2D eigenvalue weighted by Crippen LogP contribution is -2.37. The van der Waals surface area contributed by atoms with Crippen LogP contribution in [-0.4, -0.2) is 51.5 Å². The van der Waals surface area contributed by atoms with Crippen molar-refractivity contribution in [3.63, 3.8) is 0 Å². The van der Waals surface area contributed by atoms with Gasteiger partial charge in [-0.3, -0.25) is 0 Å². The first-order chi connectivity index (χ1) is 12.6. The molecular formula is C19H25N3S4. The van der Waals surface area contributed by atoms with Crippen molar-refractivity contribution in [3.05, 3.63) is 47.0 Å². The van der Waals surface area contributed by atoms with Crippen molar-refractivity contribution in [2.75, 3.05) is 27.2 Å². The summed E-state index contributed by atoms with van der Waals surface area (Å²) in [5.74, 6) is 0.960. The van der Waals surface area contributed by atoms with Gasteiger partial charge in [-0.25, -0.2) is 4.98 Å². The molecule has 3 nitrogen and oxygen atoms in total. The highest BCUT2D eigenvalue weighted by atomic mass is 32.2. The number of benzene rings is 1. The van der Waals surface area contributed by atoms with Gasteiger partial charge in [-0.15, -0.1) is 11.3 Å². The molecule has 1 aromatic heterocycles. The molecule has 1 aliphatic heterocycles. The van der Waals surface area contributed by atoms with Gasteiger partial charge >= 0.3 is 0 Å². The quantitative estimate of drug-likeness (QED) is 0.606. The minimum atomic E-state index is 0.659. The summed E-state index contributed by atoms with van der Waals surface area (Å²) in [4.78, 5) is 10.5. The molecule has 0 saturated carbocycles. The van der Waals surface area contributed by atoms with Gasteiger partial charge in [0.1, 0.15) is 8.66 Å². The maximum Gasteiger partial charge on any atom is 0.150 e. The highest BCUT2D eigenvalue weighted by Gasteiger charge is 2.23. The molecule has 0 N–H and O–H groups in total. The Kier molecular flexibility index (Phi) is 7.81. The minimum absolute atomic E-state index is 0.659. The maximum atomic E-state index is 5.65. The second-order valence-electron chi connectivity index (χ2n) is 6.67. The molecule has 1 aromatic carbocycles. The van der Waals surface area contributed by atoms with Gasteiger partial charge in [-0.2, -0.15) is 0 Å². The summed E-state index contributed by atoms with van der Waals surface area (Å²) in [6, 6.07) is 10.6. The molecule has 0 spiro atoms. The Balaban J connectivity index is 1.41. The number of thioether (sulfide) groups is 2. The Labute approximate surface area is 174 Å². The predicted molar refractivity (Wildman–Crippen MR) is 120 cm³/mol. The lowest BCUT2D eigenvalue weighted by molar-refractivity contribution is 0.359. The standard InChI is InChI=1S/C19H25N3S4/c1-21(2)13-17-12-20-18(26-17)25-16-8-10-22(11-9-16)19(23)24-14-15-6-4-3-5-7-15/h3-7,12,16H,8-11,13-14H2,1-2H3. The average Bonchev–Trinajstić information content (AvgIpc) is 3.07. The SMILES string of the molecule is CN(C)Cc1cnc(SC2CCN(C(=S)SCc3ccccc3)CC2)s1. The van der Waals surface area contributed by atoms with Crippen molar-refractivity contribution >= 4 is 51.4 Å². The first-order valence-electron chi connectivity index (χ1n) is 8.82. The van der Waals surface area contributed by atoms with Gasteiger partial charge in [-0.1, -0.05) is 66.1 Å². The van der Waals surface area contributed by atoms with E-state index in [0.717, 1.165) is 29.7 Å². The molecule has 0 bridgehead atoms. The fourth-order valence-corrected chi connectivity index (χ4v) is 6.57. The smallest absolute Gasteiger partial charge is 0.150 e. The number of hydrogen-bond donors (Lipinski definition) is 0. The lowest BCUT2D eigenvalue weighted by Gasteiger charge is -2.32. The number of hydrogen-bond acceptors (Lipinski definition) is 6. The Bertz CT molecular complexity index is 694. The van der Waals surface area contributed by atoms with Gasteiger partial charge in [0.15, 0.2) is 0 Å². The topological polar surface area (TPSA) is 19.4 Å². The summed E-state index contributed by atoms with van der Waals surface area (Å²) >= 11 is 11.2. The Hall–Kier alpha value is -0.600. The zero-order valence-corrected chi connectivity index (χ0v) is 18.5. The monoisotopic (exact) mass is 423 g/mol. The summed E-state index contributed by atoms with van der Waals surface area (Å²) in [6.07, 6.45) is 4.38.